The summed E-state index contributed by atoms with van der Waals surface area (Å²) in [5.74, 6) is 1.06. The lowest BCUT2D eigenvalue weighted by atomic mass is 9.61. The molecule has 0 bridgehead atoms. The summed E-state index contributed by atoms with van der Waals surface area (Å²) in [5, 5.41) is 4.27. The minimum Gasteiger partial charge on any atom is -0.487 e. The maximum Gasteiger partial charge on any atom is 0.265 e. The van der Waals surface area contributed by atoms with E-state index in [0.29, 0.717) is 42.1 Å². The van der Waals surface area contributed by atoms with Gasteiger partial charge in [-0.15, -0.1) is 0 Å². The van der Waals surface area contributed by atoms with Crippen LogP contribution in [0.5, 0.6) is 11.6 Å². The molecule has 4 aliphatic rings. The van der Waals surface area contributed by atoms with E-state index in [-0.39, 0.29) is 47.8 Å². The highest BCUT2D eigenvalue weighted by Crippen LogP contribution is 2.75. The lowest BCUT2D eigenvalue weighted by Gasteiger charge is -2.44. The number of carbonyl (C=O) groups is 2. The molecule has 0 N–H and O–H groups in total. The molecule has 0 amide bonds. The van der Waals surface area contributed by atoms with Crippen LogP contribution in [0.25, 0.3) is 0 Å². The monoisotopic (exact) mass is 587 g/mol. The quantitative estimate of drug-likeness (QED) is 0.259. The Bertz CT molecular complexity index is 1830. The van der Waals surface area contributed by atoms with Crippen molar-refractivity contribution >= 4 is 11.6 Å². The molecule has 1 spiro atoms. The lowest BCUT2D eigenvalue weighted by molar-refractivity contribution is 0.0517. The van der Waals surface area contributed by atoms with E-state index >= 15 is 0 Å². The van der Waals surface area contributed by atoms with Crippen molar-refractivity contribution in [3.8, 4) is 11.6 Å². The Morgan fingerprint density at radius 2 is 1.61 bits per heavy atom. The molecule has 44 heavy (non-hydrogen) atoms. The Morgan fingerprint density at radius 1 is 0.932 bits per heavy atom. The molecular weight excluding hydrogens is 554 g/mol. The zero-order valence-electron chi connectivity index (χ0n) is 24.9. The largest absolute Gasteiger partial charge is 0.487 e. The Hall–Kier alpha value is -4.56. The van der Waals surface area contributed by atoms with Crippen LogP contribution in [0.2, 0.25) is 0 Å². The average molecular weight is 588 g/mol. The van der Waals surface area contributed by atoms with Crippen LogP contribution in [0.3, 0.4) is 0 Å². The second-order valence-electron chi connectivity index (χ2n) is 12.7. The molecule has 0 radical (unpaired) electrons. The first kappa shape index (κ1) is 27.0. The molecule has 0 saturated heterocycles. The number of carbonyl (C=O) groups excluding carboxylic acids is 2. The molecule has 8 heteroatoms. The van der Waals surface area contributed by atoms with Crippen molar-refractivity contribution < 1.29 is 23.6 Å². The third kappa shape index (κ3) is 3.80. The molecule has 0 aliphatic heterocycles. The summed E-state index contributed by atoms with van der Waals surface area (Å²) >= 11 is 0. The zero-order chi connectivity index (χ0) is 30.2. The molecule has 4 aromatic rings. The fraction of sp³-hybridized carbons (Fsp3) is 0.333. The van der Waals surface area contributed by atoms with Gasteiger partial charge in [-0.05, 0) is 72.1 Å². The first-order valence-electron chi connectivity index (χ1n) is 15.2. The number of allylic oxidation sites excluding steroid dienone is 2. The topological polar surface area (TPSA) is 94.8 Å². The van der Waals surface area contributed by atoms with Gasteiger partial charge in [-0.2, -0.15) is 0 Å². The van der Waals surface area contributed by atoms with Gasteiger partial charge in [0, 0.05) is 11.8 Å². The number of benzene rings is 2. The highest BCUT2D eigenvalue weighted by molar-refractivity contribution is 6.18. The number of Topliss-reactive ketones (excluding diaryl/α,β-unsaturated/α-hetero) is 2. The van der Waals surface area contributed by atoms with E-state index in [4.69, 9.17) is 14.0 Å². The standard InChI is InChI=1S/C36H33N3O5/c1-20-30-28-23(14-24-16-37-17-26(27(24)32(28)40)42-18-21-10-6-4-7-11-21)15-25-31(39(2)3)33-29(34(41)36(20,25)30)35(38-44-33)43-19-22-12-8-5-9-13-22/h4-13,16-17,20,23,25,31H,14-15,18-19H2,1-3H3. The molecular formula is C36H33N3O5. The van der Waals surface area contributed by atoms with Crippen LogP contribution in [-0.4, -0.2) is 40.7 Å². The van der Waals surface area contributed by atoms with E-state index in [0.717, 1.165) is 27.8 Å². The number of fused-ring (bicyclic) bond motifs is 3. The lowest BCUT2D eigenvalue weighted by Crippen LogP contribution is -2.46. The first-order chi connectivity index (χ1) is 21.4. The Kier molecular flexibility index (Phi) is 6.14. The van der Waals surface area contributed by atoms with Gasteiger partial charge in [0.25, 0.3) is 5.88 Å². The van der Waals surface area contributed by atoms with Gasteiger partial charge < -0.3 is 14.0 Å². The predicted molar refractivity (Wildman–Crippen MR) is 161 cm³/mol. The van der Waals surface area contributed by atoms with E-state index < -0.39 is 5.41 Å². The van der Waals surface area contributed by atoms with Crippen molar-refractivity contribution in [2.75, 3.05) is 14.1 Å². The molecule has 8 rings (SSSR count). The summed E-state index contributed by atoms with van der Waals surface area (Å²) in [4.78, 5) is 35.7. The molecule has 2 aromatic carbocycles. The zero-order valence-corrected chi connectivity index (χ0v) is 24.9. The van der Waals surface area contributed by atoms with Crippen LogP contribution in [0.15, 0.2) is 88.7 Å². The fourth-order valence-electron chi connectivity index (χ4n) is 8.31. The minimum absolute atomic E-state index is 0.00669. The van der Waals surface area contributed by atoms with Crippen molar-refractivity contribution in [1.82, 2.24) is 15.0 Å². The Labute approximate surface area is 255 Å². The average Bonchev–Trinajstić information content (AvgIpc) is 3.43. The summed E-state index contributed by atoms with van der Waals surface area (Å²) in [6.45, 7) is 2.71. The van der Waals surface area contributed by atoms with Gasteiger partial charge in [0.15, 0.2) is 17.3 Å². The minimum atomic E-state index is -0.782. The van der Waals surface area contributed by atoms with Crippen LogP contribution < -0.4 is 9.47 Å². The maximum absolute atomic E-state index is 14.7. The summed E-state index contributed by atoms with van der Waals surface area (Å²) in [5.41, 5.74) is 4.85. The van der Waals surface area contributed by atoms with E-state index in [9.17, 15) is 9.59 Å². The smallest absolute Gasteiger partial charge is 0.265 e. The van der Waals surface area contributed by atoms with E-state index in [1.54, 1.807) is 12.4 Å². The highest BCUT2D eigenvalue weighted by atomic mass is 16.5. The summed E-state index contributed by atoms with van der Waals surface area (Å²) in [6.07, 6.45) is 4.80. The number of pyridine rings is 1. The van der Waals surface area contributed by atoms with Crippen LogP contribution >= 0.6 is 0 Å². The number of hydrogen-bond donors (Lipinski definition) is 0. The summed E-state index contributed by atoms with van der Waals surface area (Å²) < 4.78 is 18.2. The molecule has 2 heterocycles. The van der Waals surface area contributed by atoms with Crippen molar-refractivity contribution in [2.45, 2.75) is 39.0 Å². The number of aromatic nitrogens is 2. The van der Waals surface area contributed by atoms with Gasteiger partial charge in [0.1, 0.15) is 24.5 Å². The van der Waals surface area contributed by atoms with E-state index in [1.165, 1.54) is 0 Å². The number of hydrogen-bond acceptors (Lipinski definition) is 8. The number of ether oxygens (including phenoxy) is 2. The normalized spacial score (nSPS) is 26.4. The molecule has 5 atom stereocenters. The van der Waals surface area contributed by atoms with Crippen molar-refractivity contribution in [1.29, 1.82) is 0 Å². The molecule has 1 saturated carbocycles. The van der Waals surface area contributed by atoms with Gasteiger partial charge in [0.2, 0.25) is 0 Å². The van der Waals surface area contributed by atoms with Crippen LogP contribution in [0.1, 0.15) is 62.6 Å². The van der Waals surface area contributed by atoms with E-state index in [1.807, 2.05) is 74.8 Å². The number of rotatable bonds is 7. The van der Waals surface area contributed by atoms with Gasteiger partial charge in [-0.1, -0.05) is 67.6 Å². The Morgan fingerprint density at radius 3 is 2.30 bits per heavy atom. The van der Waals surface area contributed by atoms with Gasteiger partial charge in [-0.25, -0.2) is 0 Å². The number of ketones is 2. The van der Waals surface area contributed by atoms with Crippen LogP contribution in [-0.2, 0) is 19.6 Å². The predicted octanol–water partition coefficient (Wildman–Crippen LogP) is 6.03. The highest BCUT2D eigenvalue weighted by Gasteiger charge is 2.75. The second kappa shape index (κ2) is 9.99. The third-order valence-corrected chi connectivity index (χ3v) is 10.2. The van der Waals surface area contributed by atoms with Gasteiger partial charge in [-0.3, -0.25) is 19.5 Å². The Balaban J connectivity index is 1.18. The maximum atomic E-state index is 14.7. The molecule has 2 aromatic heterocycles. The van der Waals surface area contributed by atoms with Gasteiger partial charge >= 0.3 is 0 Å². The van der Waals surface area contributed by atoms with E-state index in [2.05, 4.69) is 22.0 Å². The summed E-state index contributed by atoms with van der Waals surface area (Å²) in [6, 6.07) is 19.5. The third-order valence-electron chi connectivity index (χ3n) is 10.2. The van der Waals surface area contributed by atoms with Crippen molar-refractivity contribution in [2.24, 2.45) is 23.2 Å². The summed E-state index contributed by atoms with van der Waals surface area (Å²) in [7, 11) is 4.02. The molecule has 8 nitrogen and oxygen atoms in total. The SMILES string of the molecule is CC1C2=C3C(=O)c4c(cncc4OCc4ccccc4)CC3CC3C(N(C)C)c4onc(OCc5ccccc5)c4C(=O)C213. The molecule has 222 valence electrons. The van der Waals surface area contributed by atoms with Gasteiger partial charge in [0.05, 0.1) is 23.2 Å². The van der Waals surface area contributed by atoms with Crippen LogP contribution in [0.4, 0.5) is 0 Å². The number of nitrogens with zero attached hydrogens (tertiary/aromatic N) is 3. The molecule has 4 aliphatic carbocycles. The first-order valence-corrected chi connectivity index (χ1v) is 15.2. The molecule has 1 fully saturated rings. The van der Waals surface area contributed by atoms with Crippen LogP contribution in [0, 0.1) is 23.2 Å². The fourth-order valence-corrected chi connectivity index (χ4v) is 8.31. The van der Waals surface area contributed by atoms with Crippen molar-refractivity contribution in [3.05, 3.63) is 118 Å². The molecule has 5 unspecified atom stereocenters. The second-order valence-corrected chi connectivity index (χ2v) is 12.7. The van der Waals surface area contributed by atoms with Crippen molar-refractivity contribution in [3.63, 3.8) is 0 Å².